The van der Waals surface area contributed by atoms with Crippen molar-refractivity contribution in [3.8, 4) is 0 Å². The molecule has 2 aliphatic carbocycles. The maximum absolute atomic E-state index is 15.1. The lowest BCUT2D eigenvalue weighted by atomic mass is 9.54. The van der Waals surface area contributed by atoms with Crippen molar-refractivity contribution in [3.63, 3.8) is 0 Å². The number of β-amino-alcohol motifs (C(OH)–C–C–N with tert-alkyl or cyclic N) is 1. The van der Waals surface area contributed by atoms with Gasteiger partial charge in [0.25, 0.3) is 0 Å². The second-order valence-electron chi connectivity index (χ2n) is 15.1. The summed E-state index contributed by atoms with van der Waals surface area (Å²) < 4.78 is 45.4. The maximum atomic E-state index is 15.1. The Kier molecular flexibility index (Phi) is 9.53. The van der Waals surface area contributed by atoms with Crippen LogP contribution in [0.4, 0.5) is 14.9 Å². The van der Waals surface area contributed by atoms with E-state index in [0.717, 1.165) is 82.5 Å². The summed E-state index contributed by atoms with van der Waals surface area (Å²) in [5.74, 6) is 0.357. The van der Waals surface area contributed by atoms with Gasteiger partial charge in [0.1, 0.15) is 5.82 Å². The summed E-state index contributed by atoms with van der Waals surface area (Å²) in [4.78, 5) is 25.1. The number of hydrogen-bond donors (Lipinski definition) is 2. The summed E-state index contributed by atoms with van der Waals surface area (Å²) in [6, 6.07) is 14.0. The van der Waals surface area contributed by atoms with E-state index in [1.165, 1.54) is 13.2 Å². The molecule has 10 nitrogen and oxygen atoms in total. The number of piperidine rings is 1. The standard InChI is InChI=1S/C37H50FN5O5S/c1-39-37(16-4-7-34(37)40-35(45)48-2)36(25-42-23-31(44)24-42,28-5-3-6-29(38)19-28)27-14-17-41(18-15-27)20-26-21-43(22-26)30-8-10-32(11-9-30)49(46,47)33-12-13-33/h3,5-6,8-11,19,26-27,31,33-34,44H,1,4,7,12-18,20-25H2,2H3,(H,40,45)/t34-,36?,37+/m0/s1. The average molecular weight is 696 g/mol. The van der Waals surface area contributed by atoms with Crippen LogP contribution < -0.4 is 10.2 Å². The van der Waals surface area contributed by atoms with E-state index in [9.17, 15) is 18.3 Å². The quantitative estimate of drug-likeness (QED) is 0.322. The molecule has 3 atom stereocenters. The van der Waals surface area contributed by atoms with E-state index in [0.29, 0.717) is 36.9 Å². The summed E-state index contributed by atoms with van der Waals surface area (Å²) in [6.45, 7) is 10.5. The van der Waals surface area contributed by atoms with Gasteiger partial charge < -0.3 is 25.0 Å². The van der Waals surface area contributed by atoms with Gasteiger partial charge >= 0.3 is 6.09 Å². The number of rotatable bonds is 12. The van der Waals surface area contributed by atoms with E-state index < -0.39 is 26.9 Å². The number of anilines is 1. The lowest BCUT2D eigenvalue weighted by Gasteiger charge is -2.58. The Balaban J connectivity index is 1.08. The highest BCUT2D eigenvalue weighted by Gasteiger charge is 2.63. The van der Waals surface area contributed by atoms with E-state index >= 15 is 4.39 Å². The van der Waals surface area contributed by atoms with Gasteiger partial charge in [-0.3, -0.25) is 9.89 Å². The molecule has 12 heteroatoms. The molecule has 0 aromatic heterocycles. The van der Waals surface area contributed by atoms with E-state index in [2.05, 4.69) is 26.7 Å². The number of ether oxygens (including phenoxy) is 1. The molecule has 3 saturated heterocycles. The summed E-state index contributed by atoms with van der Waals surface area (Å²) in [5.41, 5.74) is 0.501. The topological polar surface area (TPSA) is 115 Å². The van der Waals surface area contributed by atoms with Crippen LogP contribution in [0.2, 0.25) is 0 Å². The predicted molar refractivity (Wildman–Crippen MR) is 188 cm³/mol. The Hall–Kier alpha value is -3.06. The van der Waals surface area contributed by atoms with Crippen LogP contribution in [-0.2, 0) is 20.0 Å². The van der Waals surface area contributed by atoms with E-state index in [4.69, 9.17) is 9.73 Å². The second-order valence-corrected chi connectivity index (χ2v) is 17.3. The first-order valence-corrected chi connectivity index (χ1v) is 19.4. The highest BCUT2D eigenvalue weighted by molar-refractivity contribution is 7.92. The molecule has 2 N–H and O–H groups in total. The molecule has 49 heavy (non-hydrogen) atoms. The van der Waals surface area contributed by atoms with Crippen molar-refractivity contribution in [1.29, 1.82) is 0 Å². The fourth-order valence-electron chi connectivity index (χ4n) is 9.52. The van der Waals surface area contributed by atoms with E-state index in [1.807, 2.05) is 18.2 Å². The fraction of sp³-hybridized carbons (Fsp3) is 0.622. The van der Waals surface area contributed by atoms with Crippen LogP contribution >= 0.6 is 0 Å². The van der Waals surface area contributed by atoms with Gasteiger partial charge in [-0.15, -0.1) is 0 Å². The van der Waals surface area contributed by atoms with Gasteiger partial charge in [0.2, 0.25) is 0 Å². The number of methoxy groups -OCH3 is 1. The lowest BCUT2D eigenvalue weighted by Crippen LogP contribution is -2.69. The number of amides is 1. The number of benzene rings is 2. The van der Waals surface area contributed by atoms with Gasteiger partial charge in [0.05, 0.1) is 34.9 Å². The number of carbonyl (C=O) groups is 1. The predicted octanol–water partition coefficient (Wildman–Crippen LogP) is 3.87. The number of aliphatic hydroxyl groups excluding tert-OH is 1. The summed E-state index contributed by atoms with van der Waals surface area (Å²) in [5, 5.41) is 13.2. The number of likely N-dealkylation sites (tertiary alicyclic amines) is 2. The van der Waals surface area contributed by atoms with Crippen LogP contribution in [0.3, 0.4) is 0 Å². The molecule has 1 unspecified atom stereocenters. The summed E-state index contributed by atoms with van der Waals surface area (Å²) in [6.07, 6.45) is 4.71. The van der Waals surface area contributed by atoms with Crippen molar-refractivity contribution in [2.24, 2.45) is 16.8 Å². The molecule has 0 bridgehead atoms. The Bertz CT molecular complexity index is 1620. The number of alkyl carbamates (subject to hydrolysis) is 1. The molecule has 0 spiro atoms. The molecular weight excluding hydrogens is 646 g/mol. The zero-order valence-electron chi connectivity index (χ0n) is 28.5. The summed E-state index contributed by atoms with van der Waals surface area (Å²) >= 11 is 0. The number of nitrogens with zero attached hydrogens (tertiary/aromatic N) is 4. The van der Waals surface area contributed by atoms with Crippen LogP contribution in [0.5, 0.6) is 0 Å². The minimum Gasteiger partial charge on any atom is -0.453 e. The van der Waals surface area contributed by atoms with Crippen molar-refractivity contribution >= 4 is 28.3 Å². The van der Waals surface area contributed by atoms with E-state index in [-0.39, 0.29) is 29.1 Å². The van der Waals surface area contributed by atoms with Gasteiger partial charge in [-0.2, -0.15) is 0 Å². The zero-order chi connectivity index (χ0) is 34.4. The SMILES string of the molecule is C=N[C@]1(C(CN2CC(O)C2)(c2cccc(F)c2)C2CCN(CC3CN(c4ccc(S(=O)(=O)C5CC5)cc4)C3)CC2)CCC[C@@H]1NC(=O)OC. The summed E-state index contributed by atoms with van der Waals surface area (Å²) in [7, 11) is -1.82. The molecule has 2 aromatic carbocycles. The number of sulfone groups is 1. The second kappa shape index (κ2) is 13.6. The van der Waals surface area contributed by atoms with Crippen molar-refractivity contribution in [2.45, 2.75) is 78.2 Å². The number of aliphatic hydroxyl groups is 1. The molecular formula is C37H50FN5O5S. The number of aliphatic imine (C=N–C) groups is 1. The number of nitrogens with one attached hydrogen (secondary N) is 1. The van der Waals surface area contributed by atoms with Gasteiger partial charge in [-0.1, -0.05) is 12.1 Å². The minimum atomic E-state index is -3.18. The Morgan fingerprint density at radius 1 is 1.06 bits per heavy atom. The van der Waals surface area contributed by atoms with Gasteiger partial charge in [-0.25, -0.2) is 17.6 Å². The minimum absolute atomic E-state index is 0.136. The largest absolute Gasteiger partial charge is 0.453 e. The third-order valence-corrected chi connectivity index (χ3v) is 14.4. The lowest BCUT2D eigenvalue weighted by molar-refractivity contribution is -0.0440. The van der Waals surface area contributed by atoms with Gasteiger partial charge in [0, 0.05) is 56.3 Å². The van der Waals surface area contributed by atoms with Gasteiger partial charge in [0.15, 0.2) is 9.84 Å². The molecule has 2 aromatic rings. The molecule has 2 saturated carbocycles. The Morgan fingerprint density at radius 2 is 1.78 bits per heavy atom. The third-order valence-electron chi connectivity index (χ3n) is 12.2. The smallest absolute Gasteiger partial charge is 0.407 e. The monoisotopic (exact) mass is 695 g/mol. The molecule has 1 amide bonds. The normalized spacial score (nSPS) is 27.2. The van der Waals surface area contributed by atoms with Crippen LogP contribution in [-0.4, -0.2) is 119 Å². The molecule has 5 fully saturated rings. The van der Waals surface area contributed by atoms with Crippen LogP contribution in [0.25, 0.3) is 0 Å². The first kappa shape index (κ1) is 34.4. The number of hydrogen-bond acceptors (Lipinski definition) is 9. The van der Waals surface area contributed by atoms with Crippen LogP contribution in [0.15, 0.2) is 58.4 Å². The van der Waals surface area contributed by atoms with Crippen molar-refractivity contribution in [2.75, 3.05) is 64.4 Å². The first-order chi connectivity index (χ1) is 23.6. The van der Waals surface area contributed by atoms with E-state index in [1.54, 1.807) is 24.3 Å². The number of halogens is 1. The molecule has 3 heterocycles. The Labute approximate surface area is 289 Å². The average Bonchev–Trinajstić information content (AvgIpc) is 3.86. The third kappa shape index (κ3) is 6.38. The highest BCUT2D eigenvalue weighted by Crippen LogP contribution is 2.56. The molecule has 0 radical (unpaired) electrons. The highest BCUT2D eigenvalue weighted by atomic mass is 32.2. The number of carbonyl (C=O) groups excluding carboxylic acids is 1. The fourth-order valence-corrected chi connectivity index (χ4v) is 11.2. The van der Waals surface area contributed by atoms with Crippen molar-refractivity contribution < 1.29 is 27.4 Å². The molecule has 266 valence electrons. The van der Waals surface area contributed by atoms with Gasteiger partial charge in [-0.05, 0) is 113 Å². The van der Waals surface area contributed by atoms with Crippen LogP contribution in [0, 0.1) is 17.7 Å². The maximum Gasteiger partial charge on any atom is 0.407 e. The molecule has 5 aliphatic rings. The van der Waals surface area contributed by atoms with Crippen LogP contribution in [0.1, 0.15) is 50.5 Å². The zero-order valence-corrected chi connectivity index (χ0v) is 29.3. The first-order valence-electron chi connectivity index (χ1n) is 17.9. The van der Waals surface area contributed by atoms with Crippen molar-refractivity contribution in [3.05, 3.63) is 59.9 Å². The van der Waals surface area contributed by atoms with Crippen molar-refractivity contribution in [1.82, 2.24) is 15.1 Å². The molecule has 3 aliphatic heterocycles. The molecule has 7 rings (SSSR count). The Morgan fingerprint density at radius 3 is 2.39 bits per heavy atom.